The minimum Gasteiger partial charge on any atom is -0.241 e. The maximum atomic E-state index is 4.72. The fraction of sp³-hybridized carbons (Fsp3) is 0.308. The van der Waals surface area contributed by atoms with Crippen molar-refractivity contribution in [1.29, 1.82) is 0 Å². The van der Waals surface area contributed by atoms with Gasteiger partial charge in [-0.25, -0.2) is 4.98 Å². The number of aromatic nitrogens is 1. The van der Waals surface area contributed by atoms with Crippen molar-refractivity contribution in [1.82, 2.24) is 4.98 Å². The van der Waals surface area contributed by atoms with E-state index in [2.05, 4.69) is 54.0 Å². The van der Waals surface area contributed by atoms with Crippen molar-refractivity contribution in [2.45, 2.75) is 25.6 Å². The predicted octanol–water partition coefficient (Wildman–Crippen LogP) is 4.58. The Hall–Kier alpha value is -0.670. The third kappa shape index (κ3) is 2.20. The maximum Gasteiger partial charge on any atom is 0.124 e. The molecule has 2 rings (SSSR count). The summed E-state index contributed by atoms with van der Waals surface area (Å²) in [4.78, 5) is 6.07. The van der Waals surface area contributed by atoms with E-state index in [4.69, 9.17) is 4.98 Å². The summed E-state index contributed by atoms with van der Waals surface area (Å²) in [5, 5.41) is 2.05. The van der Waals surface area contributed by atoms with Gasteiger partial charge in [-0.2, -0.15) is 0 Å². The molecule has 1 aromatic carbocycles. The first-order chi connectivity index (χ1) is 7.76. The van der Waals surface area contributed by atoms with Crippen LogP contribution in [-0.4, -0.2) is 4.98 Å². The maximum absolute atomic E-state index is 4.72. The van der Waals surface area contributed by atoms with Gasteiger partial charge in [0.2, 0.25) is 0 Å². The van der Waals surface area contributed by atoms with Gasteiger partial charge in [0.25, 0.3) is 0 Å². The van der Waals surface area contributed by atoms with Crippen LogP contribution >= 0.6 is 27.3 Å². The Morgan fingerprint density at radius 1 is 1.31 bits per heavy atom. The number of nitrogens with zero attached hydrogens (tertiary/aromatic N) is 1. The second-order valence-electron chi connectivity index (χ2n) is 3.69. The Balaban J connectivity index is 2.49. The number of rotatable bonds is 3. The molecule has 16 heavy (non-hydrogen) atoms. The number of halogens is 1. The van der Waals surface area contributed by atoms with Crippen LogP contribution in [0.25, 0.3) is 10.6 Å². The van der Waals surface area contributed by atoms with E-state index in [1.165, 1.54) is 21.7 Å². The first kappa shape index (κ1) is 11.8. The molecule has 0 saturated heterocycles. The lowest BCUT2D eigenvalue weighted by Crippen LogP contribution is -1.85. The van der Waals surface area contributed by atoms with Crippen LogP contribution < -0.4 is 0 Å². The van der Waals surface area contributed by atoms with Gasteiger partial charge in [-0.1, -0.05) is 47.1 Å². The lowest BCUT2D eigenvalue weighted by atomic mass is 10.1. The molecule has 0 aliphatic rings. The summed E-state index contributed by atoms with van der Waals surface area (Å²) in [6.45, 7) is 4.29. The average molecular weight is 296 g/mol. The van der Waals surface area contributed by atoms with Gasteiger partial charge in [0.1, 0.15) is 5.01 Å². The predicted molar refractivity (Wildman–Crippen MR) is 74.3 cm³/mol. The second kappa shape index (κ2) is 5.11. The largest absolute Gasteiger partial charge is 0.241 e. The van der Waals surface area contributed by atoms with E-state index in [0.717, 1.165) is 16.8 Å². The van der Waals surface area contributed by atoms with Crippen LogP contribution in [-0.2, 0) is 11.8 Å². The third-order valence-electron chi connectivity index (χ3n) is 2.61. The molecule has 1 aromatic heterocycles. The average Bonchev–Trinajstić information content (AvgIpc) is 2.72. The van der Waals surface area contributed by atoms with Gasteiger partial charge in [-0.3, -0.25) is 0 Å². The summed E-state index contributed by atoms with van der Waals surface area (Å²) in [5.74, 6) is 0. The molecule has 1 heterocycles. The molecule has 0 amide bonds. The molecule has 0 bridgehead atoms. The second-order valence-corrected chi connectivity index (χ2v) is 5.34. The monoisotopic (exact) mass is 295 g/mol. The standard InChI is InChI=1S/C13H14BrNS/c1-3-11-12(8-14)16-13(15-11)10-7-5-4-6-9(10)2/h4-7H,3,8H2,1-2H3. The van der Waals surface area contributed by atoms with E-state index in [1.807, 2.05) is 0 Å². The van der Waals surface area contributed by atoms with Gasteiger partial charge in [0.15, 0.2) is 0 Å². The highest BCUT2D eigenvalue weighted by Crippen LogP contribution is 2.31. The van der Waals surface area contributed by atoms with Gasteiger partial charge in [0.05, 0.1) is 5.69 Å². The number of hydrogen-bond donors (Lipinski definition) is 0. The number of thiazole rings is 1. The Labute approximate surface area is 109 Å². The van der Waals surface area contributed by atoms with E-state index < -0.39 is 0 Å². The van der Waals surface area contributed by atoms with E-state index in [-0.39, 0.29) is 0 Å². The molecular weight excluding hydrogens is 282 g/mol. The lowest BCUT2D eigenvalue weighted by molar-refractivity contribution is 1.04. The first-order valence-electron chi connectivity index (χ1n) is 5.36. The quantitative estimate of drug-likeness (QED) is 0.756. The highest BCUT2D eigenvalue weighted by atomic mass is 79.9. The van der Waals surface area contributed by atoms with Crippen molar-refractivity contribution < 1.29 is 0 Å². The molecule has 84 valence electrons. The summed E-state index contributed by atoms with van der Waals surface area (Å²) >= 11 is 5.32. The summed E-state index contributed by atoms with van der Waals surface area (Å²) < 4.78 is 0. The van der Waals surface area contributed by atoms with Crippen molar-refractivity contribution in [3.05, 3.63) is 40.4 Å². The fourth-order valence-electron chi connectivity index (χ4n) is 1.69. The van der Waals surface area contributed by atoms with Crippen molar-refractivity contribution in [3.63, 3.8) is 0 Å². The molecule has 0 N–H and O–H groups in total. The molecule has 0 atom stereocenters. The highest BCUT2D eigenvalue weighted by Gasteiger charge is 2.11. The Morgan fingerprint density at radius 3 is 2.62 bits per heavy atom. The Kier molecular flexibility index (Phi) is 3.77. The highest BCUT2D eigenvalue weighted by molar-refractivity contribution is 9.08. The lowest BCUT2D eigenvalue weighted by Gasteiger charge is -1.99. The van der Waals surface area contributed by atoms with E-state index in [0.29, 0.717) is 0 Å². The molecule has 0 radical (unpaired) electrons. The Morgan fingerprint density at radius 2 is 2.06 bits per heavy atom. The van der Waals surface area contributed by atoms with E-state index in [9.17, 15) is 0 Å². The van der Waals surface area contributed by atoms with Crippen LogP contribution in [0, 0.1) is 6.92 Å². The topological polar surface area (TPSA) is 12.9 Å². The van der Waals surface area contributed by atoms with Gasteiger partial charge in [-0.05, 0) is 18.9 Å². The Bertz CT molecular complexity index is 469. The number of benzene rings is 1. The molecule has 0 unspecified atom stereocenters. The molecule has 0 fully saturated rings. The summed E-state index contributed by atoms with van der Waals surface area (Å²) in [7, 11) is 0. The van der Waals surface area contributed by atoms with Crippen LogP contribution in [0.1, 0.15) is 23.1 Å². The molecule has 0 aliphatic carbocycles. The zero-order valence-electron chi connectivity index (χ0n) is 9.46. The normalized spacial score (nSPS) is 10.7. The van der Waals surface area contributed by atoms with Crippen molar-refractivity contribution >= 4 is 27.3 Å². The molecule has 0 spiro atoms. The fourth-order valence-corrected chi connectivity index (χ4v) is 3.45. The smallest absolute Gasteiger partial charge is 0.124 e. The van der Waals surface area contributed by atoms with Gasteiger partial charge < -0.3 is 0 Å². The zero-order valence-corrected chi connectivity index (χ0v) is 11.9. The summed E-state index contributed by atoms with van der Waals surface area (Å²) in [5.41, 5.74) is 3.77. The van der Waals surface area contributed by atoms with E-state index >= 15 is 0 Å². The molecular formula is C13H14BrNS. The van der Waals surface area contributed by atoms with Crippen LogP contribution in [0.3, 0.4) is 0 Å². The van der Waals surface area contributed by atoms with Crippen molar-refractivity contribution in [2.75, 3.05) is 0 Å². The van der Waals surface area contributed by atoms with Crippen molar-refractivity contribution in [2.24, 2.45) is 0 Å². The van der Waals surface area contributed by atoms with Crippen LogP contribution in [0.15, 0.2) is 24.3 Å². The minimum atomic E-state index is 0.903. The zero-order chi connectivity index (χ0) is 11.5. The van der Waals surface area contributed by atoms with E-state index in [1.54, 1.807) is 11.3 Å². The first-order valence-corrected chi connectivity index (χ1v) is 7.30. The third-order valence-corrected chi connectivity index (χ3v) is 4.67. The molecule has 1 nitrogen and oxygen atoms in total. The number of aryl methyl sites for hydroxylation is 2. The SMILES string of the molecule is CCc1nc(-c2ccccc2C)sc1CBr. The molecule has 0 aliphatic heterocycles. The summed E-state index contributed by atoms with van der Waals surface area (Å²) in [6.07, 6.45) is 1.00. The van der Waals surface area contributed by atoms with Gasteiger partial charge in [0, 0.05) is 15.8 Å². The summed E-state index contributed by atoms with van der Waals surface area (Å²) in [6, 6.07) is 8.42. The van der Waals surface area contributed by atoms with Crippen molar-refractivity contribution in [3.8, 4) is 10.6 Å². The molecule has 2 aromatic rings. The van der Waals surface area contributed by atoms with Gasteiger partial charge in [-0.15, -0.1) is 11.3 Å². The molecule has 0 saturated carbocycles. The van der Waals surface area contributed by atoms with Crippen LogP contribution in [0.5, 0.6) is 0 Å². The number of hydrogen-bond acceptors (Lipinski definition) is 2. The van der Waals surface area contributed by atoms with Crippen LogP contribution in [0.2, 0.25) is 0 Å². The van der Waals surface area contributed by atoms with Crippen LogP contribution in [0.4, 0.5) is 0 Å². The van der Waals surface area contributed by atoms with Gasteiger partial charge >= 0.3 is 0 Å². The molecule has 3 heteroatoms. The minimum absolute atomic E-state index is 0.903. The number of alkyl halides is 1.